The van der Waals surface area contributed by atoms with Gasteiger partial charge in [0.25, 0.3) is 5.91 Å². The summed E-state index contributed by atoms with van der Waals surface area (Å²) in [5.41, 5.74) is 1.05. The van der Waals surface area contributed by atoms with Gasteiger partial charge in [0, 0.05) is 6.42 Å². The first-order valence-electron chi connectivity index (χ1n) is 10.8. The molecule has 0 radical (unpaired) electrons. The molecule has 9 heteroatoms. The standard InChI is InChI=1S/C22H28N4O4S/c1-4-17-23-22-26(24-17)20(27)19(31-22)18(14-6-8-16(9-7-14)30-5-2)25-12-10-15(11-13-25)21(28)29-3/h6-9,15,18-19H,4-5,10-13H2,1-3H3. The summed E-state index contributed by atoms with van der Waals surface area (Å²) in [5.74, 6) is 1.22. The minimum Gasteiger partial charge on any atom is -0.494 e. The van der Waals surface area contributed by atoms with Gasteiger partial charge in [-0.2, -0.15) is 4.68 Å². The molecular weight excluding hydrogens is 416 g/mol. The predicted molar refractivity (Wildman–Crippen MR) is 116 cm³/mol. The van der Waals surface area contributed by atoms with E-state index in [4.69, 9.17) is 9.47 Å². The Bertz CT molecular complexity index is 937. The Morgan fingerprint density at radius 3 is 2.52 bits per heavy atom. The summed E-state index contributed by atoms with van der Waals surface area (Å²) >= 11 is 1.48. The van der Waals surface area contributed by atoms with Crippen molar-refractivity contribution in [2.24, 2.45) is 5.92 Å². The van der Waals surface area contributed by atoms with Crippen LogP contribution in [0.15, 0.2) is 29.4 Å². The van der Waals surface area contributed by atoms with E-state index >= 15 is 0 Å². The van der Waals surface area contributed by atoms with Gasteiger partial charge < -0.3 is 9.47 Å². The molecule has 1 saturated heterocycles. The van der Waals surface area contributed by atoms with Crippen LogP contribution in [-0.2, 0) is 16.0 Å². The number of carbonyl (C=O) groups is 2. The largest absolute Gasteiger partial charge is 0.494 e. The van der Waals surface area contributed by atoms with Crippen LogP contribution >= 0.6 is 11.8 Å². The third kappa shape index (κ3) is 4.34. The van der Waals surface area contributed by atoms with Crippen molar-refractivity contribution in [1.82, 2.24) is 19.7 Å². The quantitative estimate of drug-likeness (QED) is 0.603. The SMILES string of the molecule is CCOc1ccc(C(C2Sc3nc(CC)nn3C2=O)N2CCC(C(=O)OC)CC2)cc1. The molecule has 1 aromatic carbocycles. The number of methoxy groups -OCH3 is 1. The van der Waals surface area contributed by atoms with E-state index < -0.39 is 0 Å². The number of fused-ring (bicyclic) bond motifs is 1. The highest BCUT2D eigenvalue weighted by molar-refractivity contribution is 8.00. The van der Waals surface area contributed by atoms with Crippen molar-refractivity contribution in [2.75, 3.05) is 26.8 Å². The highest BCUT2D eigenvalue weighted by Gasteiger charge is 2.44. The third-order valence-corrected chi connectivity index (χ3v) is 7.09. The van der Waals surface area contributed by atoms with E-state index in [9.17, 15) is 9.59 Å². The number of likely N-dealkylation sites (tertiary alicyclic amines) is 1. The number of hydrogen-bond acceptors (Lipinski definition) is 8. The van der Waals surface area contributed by atoms with Gasteiger partial charge in [-0.05, 0) is 50.6 Å². The highest BCUT2D eigenvalue weighted by atomic mass is 32.2. The van der Waals surface area contributed by atoms with E-state index in [1.54, 1.807) is 0 Å². The molecule has 0 bridgehead atoms. The molecule has 4 rings (SSSR count). The zero-order chi connectivity index (χ0) is 22.0. The monoisotopic (exact) mass is 444 g/mol. The summed E-state index contributed by atoms with van der Waals surface area (Å²) in [6.45, 7) is 5.98. The molecule has 0 aliphatic carbocycles. The van der Waals surface area contributed by atoms with Crippen LogP contribution in [0.1, 0.15) is 48.9 Å². The van der Waals surface area contributed by atoms with Crippen LogP contribution in [0, 0.1) is 5.92 Å². The van der Waals surface area contributed by atoms with E-state index in [2.05, 4.69) is 15.0 Å². The lowest BCUT2D eigenvalue weighted by atomic mass is 9.93. The maximum Gasteiger partial charge on any atom is 0.308 e. The number of piperidine rings is 1. The smallest absolute Gasteiger partial charge is 0.308 e. The van der Waals surface area contributed by atoms with E-state index in [0.29, 0.717) is 36.9 Å². The van der Waals surface area contributed by atoms with E-state index in [1.165, 1.54) is 23.6 Å². The predicted octanol–water partition coefficient (Wildman–Crippen LogP) is 2.98. The molecule has 3 heterocycles. The molecule has 2 aromatic rings. The van der Waals surface area contributed by atoms with Gasteiger partial charge in [-0.25, -0.2) is 4.98 Å². The van der Waals surface area contributed by atoms with Gasteiger partial charge in [0.2, 0.25) is 0 Å². The van der Waals surface area contributed by atoms with Gasteiger partial charge in [-0.15, -0.1) is 5.10 Å². The van der Waals surface area contributed by atoms with Crippen LogP contribution < -0.4 is 4.74 Å². The second kappa shape index (κ2) is 9.40. The molecule has 1 fully saturated rings. The second-order valence-corrected chi connectivity index (χ2v) is 8.84. The molecule has 31 heavy (non-hydrogen) atoms. The Hall–Kier alpha value is -2.39. The summed E-state index contributed by atoms with van der Waals surface area (Å²) in [6.07, 6.45) is 2.13. The molecule has 166 valence electrons. The van der Waals surface area contributed by atoms with Gasteiger partial charge >= 0.3 is 5.97 Å². The Kier molecular flexibility index (Phi) is 6.62. The third-order valence-electron chi connectivity index (χ3n) is 5.90. The Morgan fingerprint density at radius 2 is 1.94 bits per heavy atom. The highest BCUT2D eigenvalue weighted by Crippen LogP contribution is 2.42. The molecule has 2 atom stereocenters. The molecular formula is C22H28N4O4S. The minimum atomic E-state index is -0.339. The van der Waals surface area contributed by atoms with Crippen molar-refractivity contribution in [3.8, 4) is 5.75 Å². The normalized spacial score (nSPS) is 20.5. The van der Waals surface area contributed by atoms with Gasteiger partial charge in [-0.3, -0.25) is 14.5 Å². The zero-order valence-electron chi connectivity index (χ0n) is 18.1. The Balaban J connectivity index is 1.60. The number of ether oxygens (including phenoxy) is 2. The molecule has 1 aromatic heterocycles. The number of esters is 1. The fourth-order valence-corrected chi connectivity index (χ4v) is 5.55. The summed E-state index contributed by atoms with van der Waals surface area (Å²) in [7, 11) is 1.43. The van der Waals surface area contributed by atoms with Gasteiger partial charge in [0.15, 0.2) is 11.0 Å². The number of hydrogen-bond donors (Lipinski definition) is 0. The van der Waals surface area contributed by atoms with Crippen LogP contribution in [0.4, 0.5) is 0 Å². The van der Waals surface area contributed by atoms with Crippen LogP contribution in [-0.4, -0.2) is 63.6 Å². The summed E-state index contributed by atoms with van der Waals surface area (Å²) in [6, 6.07) is 7.82. The second-order valence-electron chi connectivity index (χ2n) is 7.73. The van der Waals surface area contributed by atoms with Crippen molar-refractivity contribution < 1.29 is 19.1 Å². The van der Waals surface area contributed by atoms with Crippen molar-refractivity contribution in [3.63, 3.8) is 0 Å². The van der Waals surface area contributed by atoms with Crippen molar-refractivity contribution in [1.29, 1.82) is 0 Å². The van der Waals surface area contributed by atoms with Crippen molar-refractivity contribution in [2.45, 2.75) is 49.6 Å². The lowest BCUT2D eigenvalue weighted by Crippen LogP contribution is -2.44. The lowest BCUT2D eigenvalue weighted by Gasteiger charge is -2.38. The van der Waals surface area contributed by atoms with E-state index in [0.717, 1.165) is 24.4 Å². The molecule has 0 amide bonds. The maximum absolute atomic E-state index is 13.3. The molecule has 2 aliphatic rings. The van der Waals surface area contributed by atoms with Gasteiger partial charge in [0.05, 0.1) is 25.7 Å². The van der Waals surface area contributed by atoms with Crippen LogP contribution in [0.25, 0.3) is 0 Å². The molecule has 0 saturated carbocycles. The number of carbonyl (C=O) groups excluding carboxylic acids is 2. The average molecular weight is 445 g/mol. The van der Waals surface area contributed by atoms with Crippen molar-refractivity contribution >= 4 is 23.6 Å². The average Bonchev–Trinajstić information content (AvgIpc) is 3.34. The first kappa shape index (κ1) is 21.8. The summed E-state index contributed by atoms with van der Waals surface area (Å²) in [5, 5.41) is 4.70. The number of aryl methyl sites for hydroxylation is 1. The van der Waals surface area contributed by atoms with E-state index in [-0.39, 0.29) is 29.1 Å². The summed E-state index contributed by atoms with van der Waals surface area (Å²) < 4.78 is 12.0. The lowest BCUT2D eigenvalue weighted by molar-refractivity contribution is -0.147. The number of thioether (sulfide) groups is 1. The Morgan fingerprint density at radius 1 is 1.23 bits per heavy atom. The topological polar surface area (TPSA) is 86.6 Å². The van der Waals surface area contributed by atoms with Crippen LogP contribution in [0.3, 0.4) is 0 Å². The Labute approximate surface area is 186 Å². The first-order valence-corrected chi connectivity index (χ1v) is 11.6. The molecule has 0 spiro atoms. The number of rotatable bonds is 7. The van der Waals surface area contributed by atoms with Gasteiger partial charge in [-0.1, -0.05) is 30.8 Å². The van der Waals surface area contributed by atoms with Gasteiger partial charge in [0.1, 0.15) is 11.0 Å². The van der Waals surface area contributed by atoms with Crippen LogP contribution in [0.5, 0.6) is 5.75 Å². The number of nitrogens with zero attached hydrogens (tertiary/aromatic N) is 4. The summed E-state index contributed by atoms with van der Waals surface area (Å²) in [4.78, 5) is 32.1. The van der Waals surface area contributed by atoms with Crippen LogP contribution in [0.2, 0.25) is 0 Å². The van der Waals surface area contributed by atoms with Crippen molar-refractivity contribution in [3.05, 3.63) is 35.7 Å². The zero-order valence-corrected chi connectivity index (χ0v) is 18.9. The fourth-order valence-electron chi connectivity index (χ4n) is 4.28. The minimum absolute atomic E-state index is 0.0406. The van der Waals surface area contributed by atoms with E-state index in [1.807, 2.05) is 38.1 Å². The molecule has 2 aliphatic heterocycles. The molecule has 0 N–H and O–H groups in total. The molecule has 8 nitrogen and oxygen atoms in total. The maximum atomic E-state index is 13.3. The number of benzene rings is 1. The molecule has 2 unspecified atom stereocenters. The number of aromatic nitrogens is 3. The fraction of sp³-hybridized carbons (Fsp3) is 0.545. The first-order chi connectivity index (χ1) is 15.0.